The van der Waals surface area contributed by atoms with Crippen LogP contribution in [0, 0.1) is 21.8 Å². The Morgan fingerprint density at radius 2 is 2.05 bits per heavy atom. The number of hydrogen-bond donors (Lipinski definition) is 1. The highest BCUT2D eigenvalue weighted by Crippen LogP contribution is 2.35. The van der Waals surface area contributed by atoms with Crippen molar-refractivity contribution in [1.82, 2.24) is 4.98 Å². The summed E-state index contributed by atoms with van der Waals surface area (Å²) in [5.41, 5.74) is 4.42. The van der Waals surface area contributed by atoms with Crippen LogP contribution in [0.4, 0.5) is 4.39 Å². The first-order chi connectivity index (χ1) is 10.1. The molecule has 0 bridgehead atoms. The van der Waals surface area contributed by atoms with Crippen molar-refractivity contribution in [2.24, 2.45) is 0 Å². The van der Waals surface area contributed by atoms with E-state index < -0.39 is 0 Å². The zero-order valence-corrected chi connectivity index (χ0v) is 13.6. The monoisotopic (exact) mass is 362 g/mol. The number of H-pyrrole nitrogens is 1. The van der Waals surface area contributed by atoms with Gasteiger partial charge in [0.15, 0.2) is 0 Å². The molecule has 0 saturated heterocycles. The summed E-state index contributed by atoms with van der Waals surface area (Å²) in [5.74, 6) is -0.313. The molecule has 106 valence electrons. The minimum atomic E-state index is -0.313. The molecule has 21 heavy (non-hydrogen) atoms. The number of aromatic nitrogens is 1. The topological polar surface area (TPSA) is 39.6 Å². The second-order valence-electron chi connectivity index (χ2n) is 5.11. The Bertz CT molecular complexity index is 820. The number of nitrogens with one attached hydrogen (secondary N) is 1. The number of aryl methyl sites for hydroxylation is 1. The smallest absolute Gasteiger partial charge is 0.137 e. The van der Waals surface area contributed by atoms with E-state index in [1.807, 2.05) is 0 Å². The number of halogens is 2. The van der Waals surface area contributed by atoms with E-state index in [9.17, 15) is 9.65 Å². The molecule has 3 rings (SSSR count). The van der Waals surface area contributed by atoms with E-state index in [2.05, 4.69) is 27.0 Å². The van der Waals surface area contributed by atoms with Crippen LogP contribution in [0.25, 0.3) is 11.1 Å². The van der Waals surface area contributed by atoms with Gasteiger partial charge in [0.1, 0.15) is 16.5 Å². The molecule has 0 fully saturated rings. The average molecular weight is 363 g/mol. The van der Waals surface area contributed by atoms with Gasteiger partial charge in [-0.15, -0.1) is 0 Å². The highest BCUT2D eigenvalue weighted by atomic mass is 79.9. The van der Waals surface area contributed by atoms with Gasteiger partial charge in [-0.25, -0.2) is 4.39 Å². The van der Waals surface area contributed by atoms with E-state index in [0.717, 1.165) is 48.1 Å². The molecular formula is C16H12BrFN2S. The van der Waals surface area contributed by atoms with E-state index in [-0.39, 0.29) is 5.82 Å². The molecule has 2 nitrogen and oxygen atoms in total. The molecule has 2 aromatic rings. The summed E-state index contributed by atoms with van der Waals surface area (Å²) in [6.45, 7) is 0. The summed E-state index contributed by atoms with van der Waals surface area (Å²) >= 11 is 8.53. The number of aromatic amines is 1. The molecule has 0 saturated carbocycles. The summed E-state index contributed by atoms with van der Waals surface area (Å²) in [7, 11) is 0. The normalized spacial score (nSPS) is 13.6. The molecule has 1 aromatic carbocycles. The van der Waals surface area contributed by atoms with Gasteiger partial charge in [0.25, 0.3) is 0 Å². The van der Waals surface area contributed by atoms with Crippen LogP contribution < -0.4 is 0 Å². The predicted molar refractivity (Wildman–Crippen MR) is 86.1 cm³/mol. The zero-order chi connectivity index (χ0) is 15.0. The summed E-state index contributed by atoms with van der Waals surface area (Å²) in [5, 5.41) is 9.46. The van der Waals surface area contributed by atoms with Gasteiger partial charge in [-0.1, -0.05) is 18.3 Å². The van der Waals surface area contributed by atoms with Crippen molar-refractivity contribution in [2.45, 2.75) is 25.7 Å². The third-order valence-electron chi connectivity index (χ3n) is 3.83. The van der Waals surface area contributed by atoms with Crippen molar-refractivity contribution in [3.8, 4) is 17.2 Å². The van der Waals surface area contributed by atoms with Crippen molar-refractivity contribution in [3.05, 3.63) is 50.0 Å². The molecule has 1 aromatic heterocycles. The molecule has 1 N–H and O–H groups in total. The van der Waals surface area contributed by atoms with Gasteiger partial charge in [-0.05, 0) is 64.9 Å². The Kier molecular flexibility index (Phi) is 3.92. The summed E-state index contributed by atoms with van der Waals surface area (Å²) in [6.07, 6.45) is 4.08. The lowest BCUT2D eigenvalue weighted by atomic mass is 9.87. The van der Waals surface area contributed by atoms with Gasteiger partial charge in [0, 0.05) is 11.3 Å². The minimum absolute atomic E-state index is 0.313. The maximum Gasteiger partial charge on any atom is 0.137 e. The number of rotatable bonds is 1. The average Bonchev–Trinajstić information content (AvgIpc) is 2.48. The van der Waals surface area contributed by atoms with Crippen LogP contribution in [0.2, 0.25) is 0 Å². The van der Waals surface area contributed by atoms with Crippen LogP contribution in [0.1, 0.15) is 29.7 Å². The van der Waals surface area contributed by atoms with Crippen LogP contribution in [-0.2, 0) is 12.8 Å². The SMILES string of the molecule is N#Cc1c(-c2ccc(F)c(Br)c2)c2c([nH]c1=S)CCCC2. The van der Waals surface area contributed by atoms with Gasteiger partial charge in [0.2, 0.25) is 0 Å². The Morgan fingerprint density at radius 3 is 2.76 bits per heavy atom. The fourth-order valence-corrected chi connectivity index (χ4v) is 3.51. The Hall–Kier alpha value is -1.51. The number of fused-ring (bicyclic) bond motifs is 1. The van der Waals surface area contributed by atoms with Crippen LogP contribution >= 0.6 is 28.1 Å². The molecule has 0 spiro atoms. The third kappa shape index (κ3) is 2.54. The lowest BCUT2D eigenvalue weighted by Gasteiger charge is -2.21. The van der Waals surface area contributed by atoms with Crippen LogP contribution in [0.3, 0.4) is 0 Å². The van der Waals surface area contributed by atoms with E-state index >= 15 is 0 Å². The number of benzene rings is 1. The lowest BCUT2D eigenvalue weighted by Crippen LogP contribution is -2.09. The van der Waals surface area contributed by atoms with Gasteiger partial charge in [-0.2, -0.15) is 5.26 Å². The summed E-state index contributed by atoms with van der Waals surface area (Å²) in [4.78, 5) is 3.19. The quantitative estimate of drug-likeness (QED) is 0.719. The van der Waals surface area contributed by atoms with Crippen molar-refractivity contribution in [3.63, 3.8) is 0 Å². The third-order valence-corrected chi connectivity index (χ3v) is 4.75. The van der Waals surface area contributed by atoms with Crippen molar-refractivity contribution in [1.29, 1.82) is 5.26 Å². The van der Waals surface area contributed by atoms with E-state index in [4.69, 9.17) is 12.2 Å². The fourth-order valence-electron chi connectivity index (χ4n) is 2.86. The number of pyridine rings is 1. The summed E-state index contributed by atoms with van der Waals surface area (Å²) in [6, 6.07) is 7.04. The van der Waals surface area contributed by atoms with Crippen LogP contribution in [-0.4, -0.2) is 4.98 Å². The first-order valence-corrected chi connectivity index (χ1v) is 7.95. The van der Waals surface area contributed by atoms with Gasteiger partial charge >= 0.3 is 0 Å². The van der Waals surface area contributed by atoms with E-state index in [0.29, 0.717) is 14.7 Å². The molecule has 0 unspecified atom stereocenters. The molecule has 0 radical (unpaired) electrons. The van der Waals surface area contributed by atoms with Crippen molar-refractivity contribution >= 4 is 28.1 Å². The largest absolute Gasteiger partial charge is 0.349 e. The number of hydrogen-bond acceptors (Lipinski definition) is 2. The highest BCUT2D eigenvalue weighted by molar-refractivity contribution is 9.10. The molecule has 0 atom stereocenters. The number of nitrogens with zero attached hydrogens (tertiary/aromatic N) is 1. The van der Waals surface area contributed by atoms with Gasteiger partial charge in [0.05, 0.1) is 10.0 Å². The molecular weight excluding hydrogens is 351 g/mol. The first-order valence-electron chi connectivity index (χ1n) is 6.75. The molecule has 0 amide bonds. The molecule has 1 heterocycles. The predicted octanol–water partition coefficient (Wildman–Crippen LogP) is 5.06. The second-order valence-corrected chi connectivity index (χ2v) is 6.37. The molecule has 1 aliphatic rings. The first kappa shape index (κ1) is 14.4. The van der Waals surface area contributed by atoms with E-state index in [1.54, 1.807) is 12.1 Å². The number of nitriles is 1. The minimum Gasteiger partial charge on any atom is -0.349 e. The molecule has 0 aliphatic heterocycles. The zero-order valence-electron chi connectivity index (χ0n) is 11.2. The fraction of sp³-hybridized carbons (Fsp3) is 0.250. The second kappa shape index (κ2) is 5.70. The van der Waals surface area contributed by atoms with Gasteiger partial charge in [-0.3, -0.25) is 0 Å². The molecule has 1 aliphatic carbocycles. The maximum atomic E-state index is 13.5. The van der Waals surface area contributed by atoms with Crippen molar-refractivity contribution in [2.75, 3.05) is 0 Å². The van der Waals surface area contributed by atoms with Gasteiger partial charge < -0.3 is 4.98 Å². The Balaban J connectivity index is 2.34. The maximum absolute atomic E-state index is 13.5. The highest BCUT2D eigenvalue weighted by Gasteiger charge is 2.20. The lowest BCUT2D eigenvalue weighted by molar-refractivity contribution is 0.621. The summed E-state index contributed by atoms with van der Waals surface area (Å²) < 4.78 is 14.3. The van der Waals surface area contributed by atoms with Crippen LogP contribution in [0.5, 0.6) is 0 Å². The van der Waals surface area contributed by atoms with E-state index in [1.165, 1.54) is 6.07 Å². The Morgan fingerprint density at radius 1 is 1.29 bits per heavy atom. The Labute approximate surface area is 135 Å². The van der Waals surface area contributed by atoms with Crippen LogP contribution in [0.15, 0.2) is 22.7 Å². The standard InChI is InChI=1S/C16H12BrFN2S/c17-12-7-9(5-6-13(12)18)15-10-3-1-2-4-14(10)20-16(21)11(15)8-19/h5-7H,1-4H2,(H,20,21). The van der Waals surface area contributed by atoms with Crippen molar-refractivity contribution < 1.29 is 4.39 Å². The molecule has 5 heteroatoms.